The maximum absolute atomic E-state index is 14.1. The molecule has 14 heavy (non-hydrogen) atoms. The van der Waals surface area contributed by atoms with E-state index < -0.39 is 5.67 Å². The van der Waals surface area contributed by atoms with Gasteiger partial charge in [0.15, 0.2) is 0 Å². The second-order valence-corrected chi connectivity index (χ2v) is 5.49. The van der Waals surface area contributed by atoms with E-state index in [9.17, 15) is 4.39 Å². The van der Waals surface area contributed by atoms with E-state index in [1.807, 2.05) is 11.8 Å². The summed E-state index contributed by atoms with van der Waals surface area (Å²) in [5.74, 6) is 2.40. The highest BCUT2D eigenvalue weighted by atomic mass is 32.2. The maximum Gasteiger partial charge on any atom is 0.125 e. The molecule has 1 atom stereocenters. The highest BCUT2D eigenvalue weighted by Gasteiger charge is 2.32. The van der Waals surface area contributed by atoms with Gasteiger partial charge >= 0.3 is 0 Å². The monoisotopic (exact) mass is 218 g/mol. The van der Waals surface area contributed by atoms with E-state index in [0.29, 0.717) is 25.4 Å². The van der Waals surface area contributed by atoms with Crippen LogP contribution in [0.2, 0.25) is 0 Å². The Labute approximate surface area is 89.4 Å². The van der Waals surface area contributed by atoms with E-state index in [-0.39, 0.29) is 0 Å². The van der Waals surface area contributed by atoms with E-state index >= 15 is 0 Å². The van der Waals surface area contributed by atoms with Crippen LogP contribution in [-0.2, 0) is 0 Å². The number of rotatable bonds is 3. The van der Waals surface area contributed by atoms with Gasteiger partial charge in [0.25, 0.3) is 0 Å². The van der Waals surface area contributed by atoms with Crippen LogP contribution in [0.4, 0.5) is 4.39 Å². The van der Waals surface area contributed by atoms with E-state index in [1.165, 1.54) is 12.2 Å². The summed E-state index contributed by atoms with van der Waals surface area (Å²) in [5, 5.41) is 6.56. The first kappa shape index (κ1) is 10.7. The van der Waals surface area contributed by atoms with E-state index in [2.05, 4.69) is 10.6 Å². The van der Waals surface area contributed by atoms with Gasteiger partial charge in [-0.1, -0.05) is 0 Å². The van der Waals surface area contributed by atoms with Crippen molar-refractivity contribution in [2.75, 3.05) is 31.1 Å². The van der Waals surface area contributed by atoms with Crippen molar-refractivity contribution in [1.29, 1.82) is 0 Å². The number of thioether (sulfide) groups is 1. The number of halogens is 1. The van der Waals surface area contributed by atoms with Gasteiger partial charge in [-0.15, -0.1) is 0 Å². The Balaban J connectivity index is 1.72. The minimum atomic E-state index is -0.946. The summed E-state index contributed by atoms with van der Waals surface area (Å²) in [6, 6.07) is 0.558. The topological polar surface area (TPSA) is 24.1 Å². The van der Waals surface area contributed by atoms with Gasteiger partial charge in [-0.05, 0) is 38.1 Å². The van der Waals surface area contributed by atoms with Crippen molar-refractivity contribution in [3.8, 4) is 0 Å². The van der Waals surface area contributed by atoms with E-state index in [4.69, 9.17) is 0 Å². The number of nitrogens with one attached hydrogen (secondary N) is 2. The smallest absolute Gasteiger partial charge is 0.125 e. The normalized spacial score (nSPS) is 31.9. The predicted octanol–water partition coefficient (Wildman–Crippen LogP) is 1.17. The molecule has 2 nitrogen and oxygen atoms in total. The van der Waals surface area contributed by atoms with Crippen LogP contribution in [0.5, 0.6) is 0 Å². The van der Waals surface area contributed by atoms with Crippen LogP contribution in [0.1, 0.15) is 19.3 Å². The minimum Gasteiger partial charge on any atom is -0.316 e. The van der Waals surface area contributed by atoms with Crippen molar-refractivity contribution in [3.63, 3.8) is 0 Å². The lowest BCUT2D eigenvalue weighted by Crippen LogP contribution is -2.47. The first-order valence-electron chi connectivity index (χ1n) is 5.49. The number of alkyl halides is 1. The molecule has 4 heteroatoms. The van der Waals surface area contributed by atoms with Crippen LogP contribution < -0.4 is 10.6 Å². The molecule has 0 bridgehead atoms. The molecule has 0 radical (unpaired) electrons. The largest absolute Gasteiger partial charge is 0.316 e. The lowest BCUT2D eigenvalue weighted by molar-refractivity contribution is 0.111. The zero-order chi connectivity index (χ0) is 9.86. The van der Waals surface area contributed by atoms with E-state index in [0.717, 1.165) is 18.8 Å². The Bertz CT molecular complexity index is 177. The summed E-state index contributed by atoms with van der Waals surface area (Å²) in [6.45, 7) is 2.22. The third kappa shape index (κ3) is 2.84. The lowest BCUT2D eigenvalue weighted by atomic mass is 9.94. The fraction of sp³-hybridized carbons (Fsp3) is 1.00. The van der Waals surface area contributed by atoms with Gasteiger partial charge < -0.3 is 10.6 Å². The summed E-state index contributed by atoms with van der Waals surface area (Å²) in [5.41, 5.74) is -0.946. The van der Waals surface area contributed by atoms with Gasteiger partial charge in [0, 0.05) is 18.3 Å². The Kier molecular flexibility index (Phi) is 3.68. The Hall–Kier alpha value is 0.200. The molecule has 0 saturated carbocycles. The average Bonchev–Trinajstić information content (AvgIpc) is 2.69. The van der Waals surface area contributed by atoms with Crippen molar-refractivity contribution < 1.29 is 4.39 Å². The number of piperidine rings is 1. The predicted molar refractivity (Wildman–Crippen MR) is 59.7 cm³/mol. The fourth-order valence-corrected chi connectivity index (χ4v) is 3.26. The fourth-order valence-electron chi connectivity index (χ4n) is 2.07. The molecule has 0 aromatic rings. The molecule has 2 aliphatic rings. The number of hydrogen-bond donors (Lipinski definition) is 2. The van der Waals surface area contributed by atoms with Gasteiger partial charge in [-0.25, -0.2) is 4.39 Å². The molecule has 2 N–H and O–H groups in total. The third-order valence-electron chi connectivity index (χ3n) is 3.14. The third-order valence-corrected chi connectivity index (χ3v) is 4.30. The lowest BCUT2D eigenvalue weighted by Gasteiger charge is -2.31. The second-order valence-electron chi connectivity index (χ2n) is 4.34. The number of hydrogen-bond acceptors (Lipinski definition) is 3. The maximum atomic E-state index is 14.1. The molecule has 0 aromatic carbocycles. The van der Waals surface area contributed by atoms with Crippen LogP contribution in [0.25, 0.3) is 0 Å². The van der Waals surface area contributed by atoms with Crippen molar-refractivity contribution in [2.24, 2.45) is 0 Å². The van der Waals surface area contributed by atoms with Gasteiger partial charge in [-0.2, -0.15) is 11.8 Å². The van der Waals surface area contributed by atoms with Crippen LogP contribution >= 0.6 is 11.8 Å². The molecule has 0 amide bonds. The zero-order valence-electron chi connectivity index (χ0n) is 8.52. The Morgan fingerprint density at radius 1 is 1.43 bits per heavy atom. The summed E-state index contributed by atoms with van der Waals surface area (Å²) in [6.07, 6.45) is 2.54. The van der Waals surface area contributed by atoms with Gasteiger partial charge in [0.05, 0.1) is 0 Å². The standard InChI is InChI=1S/C10H19FN2S/c11-10(2-4-12-5-3-10)8-13-9-1-6-14-7-9/h9,12-13H,1-8H2. The molecule has 1 unspecified atom stereocenters. The van der Waals surface area contributed by atoms with Crippen molar-refractivity contribution >= 4 is 11.8 Å². The van der Waals surface area contributed by atoms with Crippen molar-refractivity contribution in [1.82, 2.24) is 10.6 Å². The summed E-state index contributed by atoms with van der Waals surface area (Å²) >= 11 is 1.97. The molecular formula is C10H19FN2S. The molecule has 0 aliphatic carbocycles. The molecule has 0 spiro atoms. The Morgan fingerprint density at radius 3 is 2.86 bits per heavy atom. The molecule has 2 saturated heterocycles. The summed E-state index contributed by atoms with van der Waals surface area (Å²) < 4.78 is 14.1. The molecule has 0 aromatic heterocycles. The van der Waals surface area contributed by atoms with Gasteiger partial charge in [-0.3, -0.25) is 0 Å². The van der Waals surface area contributed by atoms with Crippen LogP contribution in [-0.4, -0.2) is 42.9 Å². The summed E-state index contributed by atoms with van der Waals surface area (Å²) in [7, 11) is 0. The van der Waals surface area contributed by atoms with E-state index in [1.54, 1.807) is 0 Å². The van der Waals surface area contributed by atoms with Crippen molar-refractivity contribution in [3.05, 3.63) is 0 Å². The minimum absolute atomic E-state index is 0.555. The molecule has 2 rings (SSSR count). The SMILES string of the molecule is FC1(CNC2CCSC2)CCNCC1. The van der Waals surface area contributed by atoms with Gasteiger partial charge in [0.1, 0.15) is 5.67 Å². The zero-order valence-corrected chi connectivity index (χ0v) is 9.34. The van der Waals surface area contributed by atoms with Crippen molar-refractivity contribution in [2.45, 2.75) is 31.0 Å². The highest BCUT2D eigenvalue weighted by Crippen LogP contribution is 2.23. The first-order chi connectivity index (χ1) is 6.79. The molecule has 82 valence electrons. The second kappa shape index (κ2) is 4.81. The van der Waals surface area contributed by atoms with Crippen LogP contribution in [0.15, 0.2) is 0 Å². The van der Waals surface area contributed by atoms with Crippen LogP contribution in [0.3, 0.4) is 0 Å². The highest BCUT2D eigenvalue weighted by molar-refractivity contribution is 7.99. The quantitative estimate of drug-likeness (QED) is 0.743. The molecule has 2 fully saturated rings. The molecule has 2 heterocycles. The van der Waals surface area contributed by atoms with Crippen LogP contribution in [0, 0.1) is 0 Å². The Morgan fingerprint density at radius 2 is 2.21 bits per heavy atom. The molecular weight excluding hydrogens is 199 g/mol. The average molecular weight is 218 g/mol. The first-order valence-corrected chi connectivity index (χ1v) is 6.65. The summed E-state index contributed by atoms with van der Waals surface area (Å²) in [4.78, 5) is 0. The van der Waals surface area contributed by atoms with Gasteiger partial charge in [0.2, 0.25) is 0 Å². The molecule has 2 aliphatic heterocycles.